The third-order valence-electron chi connectivity index (χ3n) is 2.44. The minimum atomic E-state index is -0.499. The number of benzene rings is 1. The number of amides is 1. The van der Waals surface area contributed by atoms with E-state index in [9.17, 15) is 9.59 Å². The minimum Gasteiger partial charge on any atom is -0.384 e. The second-order valence-electron chi connectivity index (χ2n) is 3.91. The highest BCUT2D eigenvalue weighted by atomic mass is 35.5. The van der Waals surface area contributed by atoms with Crippen molar-refractivity contribution >= 4 is 23.2 Å². The zero-order chi connectivity index (χ0) is 15.2. The Bertz CT molecular complexity index is 770. The lowest BCUT2D eigenvalue weighted by atomic mass is 10.1. The van der Waals surface area contributed by atoms with Gasteiger partial charge in [0.15, 0.2) is 0 Å². The molecule has 0 fully saturated rings. The number of aliphatic hydroxyl groups excluding tert-OH is 1. The van der Waals surface area contributed by atoms with Crippen LogP contribution in [-0.4, -0.2) is 27.8 Å². The normalized spacial score (nSPS) is 9.62. The summed E-state index contributed by atoms with van der Waals surface area (Å²) in [5.41, 5.74) is 0.561. The van der Waals surface area contributed by atoms with Gasteiger partial charge < -0.3 is 10.4 Å². The molecule has 2 aromatic rings. The Morgan fingerprint density at radius 3 is 2.86 bits per heavy atom. The zero-order valence-corrected chi connectivity index (χ0v) is 11.4. The number of hydrogen-bond donors (Lipinski definition) is 3. The van der Waals surface area contributed by atoms with Gasteiger partial charge in [-0.1, -0.05) is 23.4 Å². The SMILES string of the molecule is O=C(Nc1ccc(Cl)cc1C#CCO)c1ccc(=O)[nH]n1. The number of carbonyl (C=O) groups is 1. The van der Waals surface area contributed by atoms with Crippen LogP contribution < -0.4 is 10.9 Å². The van der Waals surface area contributed by atoms with Gasteiger partial charge in [0.25, 0.3) is 11.5 Å². The van der Waals surface area contributed by atoms with Crippen LogP contribution in [0.15, 0.2) is 35.1 Å². The number of H-pyrrole nitrogens is 1. The van der Waals surface area contributed by atoms with E-state index in [0.717, 1.165) is 0 Å². The molecule has 0 atom stereocenters. The number of rotatable bonds is 2. The largest absolute Gasteiger partial charge is 0.384 e. The number of nitrogens with one attached hydrogen (secondary N) is 2. The molecule has 0 radical (unpaired) electrons. The first-order chi connectivity index (χ1) is 10.1. The number of hydrogen-bond acceptors (Lipinski definition) is 4. The summed E-state index contributed by atoms with van der Waals surface area (Å²) in [6, 6.07) is 7.27. The first kappa shape index (κ1) is 14.8. The van der Waals surface area contributed by atoms with Crippen LogP contribution in [0.25, 0.3) is 0 Å². The van der Waals surface area contributed by atoms with Crippen LogP contribution in [0.1, 0.15) is 16.1 Å². The third kappa shape index (κ3) is 3.92. The van der Waals surface area contributed by atoms with E-state index in [2.05, 4.69) is 27.4 Å². The summed E-state index contributed by atoms with van der Waals surface area (Å²) in [5.74, 6) is 4.68. The Morgan fingerprint density at radius 1 is 1.38 bits per heavy atom. The van der Waals surface area contributed by atoms with Gasteiger partial charge in [0.2, 0.25) is 0 Å². The Kier molecular flexibility index (Phi) is 4.72. The summed E-state index contributed by atoms with van der Waals surface area (Å²) in [5, 5.41) is 17.6. The van der Waals surface area contributed by atoms with Crippen LogP contribution in [0.2, 0.25) is 5.02 Å². The Hall–Kier alpha value is -2.62. The summed E-state index contributed by atoms with van der Waals surface area (Å²) >= 11 is 5.87. The van der Waals surface area contributed by atoms with Crippen molar-refractivity contribution in [3.8, 4) is 11.8 Å². The first-order valence-corrected chi connectivity index (χ1v) is 6.24. The average molecular weight is 304 g/mol. The number of halogens is 1. The summed E-state index contributed by atoms with van der Waals surface area (Å²) in [6.45, 7) is -0.304. The third-order valence-corrected chi connectivity index (χ3v) is 2.68. The Balaban J connectivity index is 2.28. The number of aromatic amines is 1. The molecule has 21 heavy (non-hydrogen) atoms. The number of anilines is 1. The van der Waals surface area contributed by atoms with E-state index in [0.29, 0.717) is 16.3 Å². The molecule has 1 aromatic carbocycles. The van der Waals surface area contributed by atoms with Crippen molar-refractivity contribution in [2.75, 3.05) is 11.9 Å². The van der Waals surface area contributed by atoms with Crippen LogP contribution in [0, 0.1) is 11.8 Å². The highest BCUT2D eigenvalue weighted by Crippen LogP contribution is 2.20. The molecule has 6 nitrogen and oxygen atoms in total. The lowest BCUT2D eigenvalue weighted by molar-refractivity contribution is 0.102. The molecule has 1 heterocycles. The lowest BCUT2D eigenvalue weighted by Crippen LogP contribution is -2.18. The molecule has 0 bridgehead atoms. The van der Waals surface area contributed by atoms with Crippen LogP contribution >= 0.6 is 11.6 Å². The summed E-state index contributed by atoms with van der Waals surface area (Å²) in [4.78, 5) is 22.9. The molecule has 3 N–H and O–H groups in total. The number of nitrogens with zero attached hydrogens (tertiary/aromatic N) is 1. The van der Waals surface area contributed by atoms with Crippen molar-refractivity contribution in [3.63, 3.8) is 0 Å². The summed E-state index contributed by atoms with van der Waals surface area (Å²) in [7, 11) is 0. The molecule has 0 aliphatic carbocycles. The molecule has 0 unspecified atom stereocenters. The van der Waals surface area contributed by atoms with Crippen LogP contribution in [0.4, 0.5) is 5.69 Å². The fourth-order valence-corrected chi connectivity index (χ4v) is 1.69. The van der Waals surface area contributed by atoms with Crippen molar-refractivity contribution in [1.29, 1.82) is 0 Å². The van der Waals surface area contributed by atoms with Crippen molar-refractivity contribution in [1.82, 2.24) is 10.2 Å². The number of carbonyl (C=O) groups excluding carboxylic acids is 1. The van der Waals surface area contributed by atoms with E-state index in [-0.39, 0.29) is 12.3 Å². The van der Waals surface area contributed by atoms with E-state index < -0.39 is 11.5 Å². The maximum absolute atomic E-state index is 12.0. The Morgan fingerprint density at radius 2 is 2.19 bits per heavy atom. The maximum atomic E-state index is 12.0. The van der Waals surface area contributed by atoms with E-state index >= 15 is 0 Å². The van der Waals surface area contributed by atoms with Crippen LogP contribution in [0.5, 0.6) is 0 Å². The molecule has 0 aliphatic heterocycles. The van der Waals surface area contributed by atoms with Crippen molar-refractivity contribution in [2.24, 2.45) is 0 Å². The van der Waals surface area contributed by atoms with E-state index in [1.54, 1.807) is 18.2 Å². The molecule has 0 saturated carbocycles. The van der Waals surface area contributed by atoms with Gasteiger partial charge in [-0.25, -0.2) is 5.10 Å². The summed E-state index contributed by atoms with van der Waals surface area (Å²) in [6.07, 6.45) is 0. The van der Waals surface area contributed by atoms with Gasteiger partial charge in [0.05, 0.1) is 5.69 Å². The van der Waals surface area contributed by atoms with Gasteiger partial charge in [-0.15, -0.1) is 0 Å². The van der Waals surface area contributed by atoms with Crippen molar-refractivity contribution in [3.05, 3.63) is 57.0 Å². The zero-order valence-electron chi connectivity index (χ0n) is 10.7. The highest BCUT2D eigenvalue weighted by Gasteiger charge is 2.10. The molecular formula is C14H10ClN3O3. The first-order valence-electron chi connectivity index (χ1n) is 5.86. The molecule has 1 amide bonds. The second kappa shape index (κ2) is 6.70. The van der Waals surface area contributed by atoms with Gasteiger partial charge in [0.1, 0.15) is 12.3 Å². The van der Waals surface area contributed by atoms with Crippen LogP contribution in [-0.2, 0) is 0 Å². The highest BCUT2D eigenvalue weighted by molar-refractivity contribution is 6.30. The monoisotopic (exact) mass is 303 g/mol. The van der Waals surface area contributed by atoms with E-state index in [1.165, 1.54) is 12.1 Å². The molecule has 1 aromatic heterocycles. The van der Waals surface area contributed by atoms with Gasteiger partial charge >= 0.3 is 0 Å². The molecule has 0 spiro atoms. The fraction of sp³-hybridized carbons (Fsp3) is 0.0714. The van der Waals surface area contributed by atoms with E-state index in [4.69, 9.17) is 16.7 Å². The lowest BCUT2D eigenvalue weighted by Gasteiger charge is -2.07. The number of aliphatic hydroxyl groups is 1. The minimum absolute atomic E-state index is 0.0608. The smallest absolute Gasteiger partial charge is 0.276 e. The van der Waals surface area contributed by atoms with Crippen LogP contribution in [0.3, 0.4) is 0 Å². The van der Waals surface area contributed by atoms with Gasteiger partial charge in [-0.2, -0.15) is 5.10 Å². The average Bonchev–Trinajstić information content (AvgIpc) is 2.48. The topological polar surface area (TPSA) is 95.1 Å². The molecule has 7 heteroatoms. The predicted molar refractivity (Wildman–Crippen MR) is 78.2 cm³/mol. The molecule has 0 saturated heterocycles. The fourth-order valence-electron chi connectivity index (χ4n) is 1.52. The maximum Gasteiger partial charge on any atom is 0.276 e. The standard InChI is InChI=1S/C14H10ClN3O3/c15-10-3-4-11(9(8-10)2-1-7-19)16-14(21)12-5-6-13(20)18-17-12/h3-6,8,19H,7H2,(H,16,21)(H,18,20). The Labute approximate surface area is 124 Å². The van der Waals surface area contributed by atoms with Gasteiger partial charge in [-0.05, 0) is 24.3 Å². The second-order valence-corrected chi connectivity index (χ2v) is 4.35. The van der Waals surface area contributed by atoms with Crippen molar-refractivity contribution < 1.29 is 9.90 Å². The summed E-state index contributed by atoms with van der Waals surface area (Å²) < 4.78 is 0. The molecule has 0 aliphatic rings. The van der Waals surface area contributed by atoms with Gasteiger partial charge in [-0.3, -0.25) is 9.59 Å². The molecular weight excluding hydrogens is 294 g/mol. The quantitative estimate of drug-likeness (QED) is 0.722. The number of aromatic nitrogens is 2. The molecule has 106 valence electrons. The van der Waals surface area contributed by atoms with Crippen molar-refractivity contribution in [2.45, 2.75) is 0 Å². The van der Waals surface area contributed by atoms with Gasteiger partial charge in [0, 0.05) is 16.7 Å². The molecule has 2 rings (SSSR count). The van der Waals surface area contributed by atoms with E-state index in [1.807, 2.05) is 0 Å². The predicted octanol–water partition coefficient (Wildman–Crippen LogP) is 1.02.